The van der Waals surface area contributed by atoms with E-state index in [1.165, 1.54) is 32.5 Å². The average Bonchev–Trinajstić information content (AvgIpc) is 3.61. The number of nitrogen functional groups attached to an aromatic ring is 1. The zero-order valence-corrected chi connectivity index (χ0v) is 27.7. The first-order chi connectivity index (χ1) is 23.9. The second-order valence-electron chi connectivity index (χ2n) is 11.6. The van der Waals surface area contributed by atoms with E-state index >= 15 is 0 Å². The third-order valence-electron chi connectivity index (χ3n) is 8.50. The lowest BCUT2D eigenvalue weighted by atomic mass is 10.0. The second kappa shape index (κ2) is 12.6. The number of nitrogens with one attached hydrogen (secondary N) is 1. The van der Waals surface area contributed by atoms with E-state index in [2.05, 4.69) is 36.2 Å². The van der Waals surface area contributed by atoms with Crippen molar-refractivity contribution in [1.82, 2.24) is 34.3 Å². The van der Waals surface area contributed by atoms with Gasteiger partial charge in [-0.05, 0) is 55.0 Å². The molecule has 1 aliphatic rings. The molecule has 3 N–H and O–H groups in total. The van der Waals surface area contributed by atoms with Crippen molar-refractivity contribution in [3.05, 3.63) is 122 Å². The Hall–Kier alpha value is -5.77. The van der Waals surface area contributed by atoms with Gasteiger partial charge in [0.25, 0.3) is 17.8 Å². The van der Waals surface area contributed by atoms with Crippen LogP contribution in [0.15, 0.2) is 92.9 Å². The van der Waals surface area contributed by atoms with Gasteiger partial charge in [-0.3, -0.25) is 18.7 Å². The van der Waals surface area contributed by atoms with Crippen LogP contribution in [0, 0.1) is 0 Å². The number of halogens is 4. The number of hydrogen-bond donors (Lipinski definition) is 2. The van der Waals surface area contributed by atoms with Crippen LogP contribution in [0.4, 0.5) is 19.2 Å². The molecule has 3 aromatic heterocycles. The highest BCUT2D eigenvalue weighted by Crippen LogP contribution is 2.36. The molecule has 254 valence electrons. The van der Waals surface area contributed by atoms with Crippen LogP contribution in [0.2, 0.25) is 0 Å². The first-order valence-corrected chi connectivity index (χ1v) is 16.0. The van der Waals surface area contributed by atoms with Crippen molar-refractivity contribution in [3.63, 3.8) is 0 Å². The molecular weight excluding hydrogens is 721 g/mol. The van der Waals surface area contributed by atoms with Crippen LogP contribution in [-0.4, -0.2) is 46.8 Å². The minimum absolute atomic E-state index is 0.0223. The number of alkyl halides is 3. The Kier molecular flexibility index (Phi) is 8.25. The maximum atomic E-state index is 14.2. The molecule has 3 aromatic carbocycles. The number of oxazole rings is 1. The molecule has 0 bridgehead atoms. The summed E-state index contributed by atoms with van der Waals surface area (Å²) < 4.78 is 48.9. The van der Waals surface area contributed by atoms with Crippen molar-refractivity contribution in [1.29, 1.82) is 0 Å². The Morgan fingerprint density at radius 2 is 1.90 bits per heavy atom. The molecule has 0 fully saturated rings. The highest BCUT2D eigenvalue weighted by Gasteiger charge is 2.37. The van der Waals surface area contributed by atoms with Gasteiger partial charge in [-0.2, -0.15) is 18.2 Å². The van der Waals surface area contributed by atoms with Crippen LogP contribution in [0.25, 0.3) is 28.0 Å². The lowest BCUT2D eigenvalue weighted by molar-refractivity contribution is -0.138. The van der Waals surface area contributed by atoms with Crippen LogP contribution in [-0.2, 0) is 25.8 Å². The summed E-state index contributed by atoms with van der Waals surface area (Å²) in [6.45, 7) is 1.47. The predicted octanol–water partition coefficient (Wildman–Crippen LogP) is 5.58. The monoisotopic (exact) mass is 746 g/mol. The third-order valence-corrected chi connectivity index (χ3v) is 9.19. The normalized spacial score (nSPS) is 14.5. The largest absolute Gasteiger partial charge is 0.424 e. The molecule has 16 heteroatoms. The molecule has 0 saturated carbocycles. The number of hydrogen-bond acceptors (Lipinski definition) is 8. The van der Waals surface area contributed by atoms with Crippen molar-refractivity contribution < 1.29 is 27.2 Å². The number of aromatic nitrogens is 5. The number of imidazole rings is 1. The van der Waals surface area contributed by atoms with E-state index in [4.69, 9.17) is 10.2 Å². The molecule has 2 amide bonds. The predicted molar refractivity (Wildman–Crippen MR) is 179 cm³/mol. The van der Waals surface area contributed by atoms with Crippen LogP contribution < -0.4 is 16.7 Å². The van der Waals surface area contributed by atoms with E-state index in [1.54, 1.807) is 37.4 Å². The SMILES string of the molecule is C[C@@H]1Cn2c(c(C(=O)NCc3ccccc3-c3ccncn3)n(-c3ccc4oc(N)nc4c3)c2=O)CN1C(=O)c1ccc(Br)c(C(F)(F)F)c1. The number of amides is 2. The van der Waals surface area contributed by atoms with Gasteiger partial charge in [0, 0.05) is 40.9 Å². The molecule has 4 heterocycles. The van der Waals surface area contributed by atoms with E-state index in [9.17, 15) is 27.6 Å². The van der Waals surface area contributed by atoms with Gasteiger partial charge in [-0.25, -0.2) is 14.8 Å². The Morgan fingerprint density at radius 1 is 1.10 bits per heavy atom. The van der Waals surface area contributed by atoms with E-state index in [0.29, 0.717) is 16.8 Å². The van der Waals surface area contributed by atoms with Gasteiger partial charge in [0.05, 0.1) is 29.2 Å². The molecule has 1 aliphatic heterocycles. The number of anilines is 1. The fourth-order valence-electron chi connectivity index (χ4n) is 6.11. The number of fused-ring (bicyclic) bond motifs is 2. The summed E-state index contributed by atoms with van der Waals surface area (Å²) in [6.07, 6.45) is -1.68. The van der Waals surface area contributed by atoms with Crippen LogP contribution in [0.5, 0.6) is 0 Å². The van der Waals surface area contributed by atoms with E-state index in [-0.39, 0.29) is 52.8 Å². The van der Waals surface area contributed by atoms with Crippen molar-refractivity contribution >= 4 is 44.9 Å². The highest BCUT2D eigenvalue weighted by molar-refractivity contribution is 9.10. The maximum Gasteiger partial charge on any atom is 0.417 e. The maximum absolute atomic E-state index is 14.2. The first-order valence-electron chi connectivity index (χ1n) is 15.2. The summed E-state index contributed by atoms with van der Waals surface area (Å²) >= 11 is 2.91. The van der Waals surface area contributed by atoms with Gasteiger partial charge < -0.3 is 20.4 Å². The molecule has 12 nitrogen and oxygen atoms in total. The lowest BCUT2D eigenvalue weighted by Gasteiger charge is -2.34. The van der Waals surface area contributed by atoms with Crippen molar-refractivity contribution in [2.75, 3.05) is 5.73 Å². The third kappa shape index (κ3) is 5.91. The number of rotatable bonds is 6. The smallest absolute Gasteiger partial charge is 0.417 e. The molecule has 7 rings (SSSR count). The average molecular weight is 748 g/mol. The molecule has 6 aromatic rings. The van der Waals surface area contributed by atoms with Crippen LogP contribution in [0.1, 0.15) is 44.6 Å². The van der Waals surface area contributed by atoms with Gasteiger partial charge >= 0.3 is 11.9 Å². The lowest BCUT2D eigenvalue weighted by Crippen LogP contribution is -2.47. The van der Waals surface area contributed by atoms with Crippen molar-refractivity contribution in [3.8, 4) is 16.9 Å². The fraction of sp³-hybridized carbons (Fsp3) is 0.176. The van der Waals surface area contributed by atoms with E-state index in [1.807, 2.05) is 24.3 Å². The summed E-state index contributed by atoms with van der Waals surface area (Å²) in [4.78, 5) is 55.9. The van der Waals surface area contributed by atoms with Gasteiger partial charge in [0.1, 0.15) is 17.5 Å². The summed E-state index contributed by atoms with van der Waals surface area (Å²) in [7, 11) is 0. The van der Waals surface area contributed by atoms with Crippen molar-refractivity contribution in [2.24, 2.45) is 0 Å². The number of nitrogens with zero attached hydrogens (tertiary/aromatic N) is 6. The fourth-order valence-corrected chi connectivity index (χ4v) is 6.58. The first kappa shape index (κ1) is 32.8. The summed E-state index contributed by atoms with van der Waals surface area (Å²) in [5, 5.41) is 2.91. The second-order valence-corrected chi connectivity index (χ2v) is 12.5. The van der Waals surface area contributed by atoms with Crippen LogP contribution >= 0.6 is 15.9 Å². The molecule has 0 aliphatic carbocycles. The summed E-state index contributed by atoms with van der Waals surface area (Å²) in [5.74, 6) is -1.32. The Balaban J connectivity index is 1.30. The Labute approximate surface area is 289 Å². The molecule has 1 atom stereocenters. The van der Waals surface area contributed by atoms with Crippen LogP contribution in [0.3, 0.4) is 0 Å². The van der Waals surface area contributed by atoms with E-state index < -0.39 is 35.3 Å². The number of carbonyl (C=O) groups is 2. The van der Waals surface area contributed by atoms with E-state index in [0.717, 1.165) is 17.2 Å². The van der Waals surface area contributed by atoms with Gasteiger partial charge in [-0.1, -0.05) is 40.2 Å². The standard InChI is InChI=1S/C34H26BrF3N8O4/c1-18-15-45-27(16-44(18)31(48)19-6-8-24(35)23(12-19)34(36,37)38)29(46(33(45)49)21-7-9-28-26(13-21)43-32(39)50-28)30(47)41-14-20-4-2-3-5-22(20)25-10-11-40-17-42-25/h2-13,17-18H,14-16H2,1H3,(H2,39,43)(H,41,47)/t18-/m1/s1. The van der Waals surface area contributed by atoms with Gasteiger partial charge in [0.15, 0.2) is 5.58 Å². The molecule has 50 heavy (non-hydrogen) atoms. The van der Waals surface area contributed by atoms with Gasteiger partial charge in [0.2, 0.25) is 0 Å². The minimum Gasteiger partial charge on any atom is -0.424 e. The number of carbonyl (C=O) groups excluding carboxylic acids is 2. The summed E-state index contributed by atoms with van der Waals surface area (Å²) in [6, 6.07) is 16.3. The quantitative estimate of drug-likeness (QED) is 0.224. The molecule has 0 saturated heterocycles. The minimum atomic E-state index is -4.70. The van der Waals surface area contributed by atoms with Gasteiger partial charge in [-0.15, -0.1) is 0 Å². The Morgan fingerprint density at radius 3 is 2.66 bits per heavy atom. The zero-order chi connectivity index (χ0) is 35.3. The molecule has 0 spiro atoms. The molecular formula is C34H26BrF3N8O4. The topological polar surface area (TPSA) is 154 Å². The number of benzene rings is 3. The van der Waals surface area contributed by atoms with Crippen molar-refractivity contribution in [2.45, 2.75) is 38.8 Å². The molecule has 0 unspecified atom stereocenters. The zero-order valence-electron chi connectivity index (χ0n) is 26.1. The molecule has 0 radical (unpaired) electrons. The summed E-state index contributed by atoms with van der Waals surface area (Å²) in [5.41, 5.74) is 7.30. The number of nitrogens with two attached hydrogens (primary N) is 1. The highest BCUT2D eigenvalue weighted by atomic mass is 79.9. The Bertz CT molecular complexity index is 2350.